The largest absolute Gasteiger partial charge is 0.467 e. The molecule has 0 aliphatic carbocycles. The first-order chi connectivity index (χ1) is 15.0. The van der Waals surface area contributed by atoms with Crippen LogP contribution in [0.15, 0.2) is 30.3 Å². The summed E-state index contributed by atoms with van der Waals surface area (Å²) in [5, 5.41) is 12.5. The number of esters is 1. The maximum absolute atomic E-state index is 13.5. The van der Waals surface area contributed by atoms with Gasteiger partial charge in [0.2, 0.25) is 5.91 Å². The molecule has 0 bridgehead atoms. The van der Waals surface area contributed by atoms with E-state index in [9.17, 15) is 19.5 Å². The van der Waals surface area contributed by atoms with Crippen LogP contribution in [0.4, 0.5) is 4.79 Å². The van der Waals surface area contributed by atoms with Gasteiger partial charge in [-0.1, -0.05) is 30.3 Å². The van der Waals surface area contributed by atoms with Gasteiger partial charge in [-0.2, -0.15) is 0 Å². The second kappa shape index (κ2) is 10.8. The molecule has 1 aromatic rings. The van der Waals surface area contributed by atoms with Gasteiger partial charge in [0.05, 0.1) is 26.4 Å². The molecule has 9 heteroatoms. The first-order valence-electron chi connectivity index (χ1n) is 10.7. The number of methoxy groups -OCH3 is 1. The molecule has 1 saturated heterocycles. The maximum Gasteiger partial charge on any atom is 0.411 e. The Hall–Kier alpha value is -2.65. The number of aliphatic hydroxyl groups is 1. The quantitative estimate of drug-likeness (QED) is 0.582. The van der Waals surface area contributed by atoms with Crippen molar-refractivity contribution >= 4 is 18.0 Å². The first kappa shape index (κ1) is 25.6. The number of nitrogens with one attached hydrogen (secondary N) is 1. The minimum atomic E-state index is -1.39. The number of likely N-dealkylation sites (tertiary alicyclic amines) is 1. The monoisotopic (exact) mass is 450 g/mol. The van der Waals surface area contributed by atoms with Crippen molar-refractivity contribution in [3.05, 3.63) is 35.9 Å². The summed E-state index contributed by atoms with van der Waals surface area (Å²) in [6.45, 7) is 7.06. The van der Waals surface area contributed by atoms with Crippen molar-refractivity contribution in [1.29, 1.82) is 0 Å². The predicted octanol–water partition coefficient (Wildman–Crippen LogP) is 2.01. The van der Waals surface area contributed by atoms with E-state index in [0.29, 0.717) is 19.4 Å². The highest BCUT2D eigenvalue weighted by molar-refractivity contribution is 5.94. The Morgan fingerprint density at radius 3 is 2.44 bits per heavy atom. The fourth-order valence-corrected chi connectivity index (χ4v) is 3.60. The molecule has 2 amide bonds. The average Bonchev–Trinajstić information content (AvgIpc) is 3.16. The molecule has 3 atom stereocenters. The van der Waals surface area contributed by atoms with Gasteiger partial charge >= 0.3 is 12.1 Å². The fraction of sp³-hybridized carbons (Fsp3) is 0.609. The molecule has 9 nitrogen and oxygen atoms in total. The zero-order valence-corrected chi connectivity index (χ0v) is 19.4. The van der Waals surface area contributed by atoms with Crippen LogP contribution in [0.1, 0.15) is 46.1 Å². The number of amides is 2. The van der Waals surface area contributed by atoms with Gasteiger partial charge < -0.3 is 24.6 Å². The number of ether oxygens (including phenoxy) is 3. The van der Waals surface area contributed by atoms with Crippen molar-refractivity contribution in [2.45, 2.75) is 70.4 Å². The summed E-state index contributed by atoms with van der Waals surface area (Å²) in [6.07, 6.45) is -0.954. The van der Waals surface area contributed by atoms with Crippen molar-refractivity contribution < 1.29 is 33.7 Å². The van der Waals surface area contributed by atoms with Crippen molar-refractivity contribution in [2.75, 3.05) is 20.3 Å². The molecule has 0 spiro atoms. The highest BCUT2D eigenvalue weighted by atomic mass is 16.6. The zero-order valence-electron chi connectivity index (χ0n) is 19.4. The predicted molar refractivity (Wildman–Crippen MR) is 117 cm³/mol. The van der Waals surface area contributed by atoms with Crippen LogP contribution in [0.3, 0.4) is 0 Å². The van der Waals surface area contributed by atoms with Gasteiger partial charge in [-0.25, -0.2) is 9.59 Å². The fourth-order valence-electron chi connectivity index (χ4n) is 3.60. The summed E-state index contributed by atoms with van der Waals surface area (Å²) in [5.41, 5.74) is -1.22. The molecule has 1 aliphatic rings. The molecule has 32 heavy (non-hydrogen) atoms. The van der Waals surface area contributed by atoms with Gasteiger partial charge in [-0.3, -0.25) is 9.69 Å². The Morgan fingerprint density at radius 2 is 1.88 bits per heavy atom. The second-order valence-electron chi connectivity index (χ2n) is 8.96. The van der Waals surface area contributed by atoms with Crippen LogP contribution >= 0.6 is 0 Å². The van der Waals surface area contributed by atoms with E-state index in [0.717, 1.165) is 5.56 Å². The molecular weight excluding hydrogens is 416 g/mol. The Morgan fingerprint density at radius 1 is 1.22 bits per heavy atom. The third kappa shape index (κ3) is 6.43. The number of benzene rings is 1. The molecule has 2 rings (SSSR count). The van der Waals surface area contributed by atoms with E-state index in [1.807, 2.05) is 30.3 Å². The van der Waals surface area contributed by atoms with E-state index in [1.165, 1.54) is 18.9 Å². The summed E-state index contributed by atoms with van der Waals surface area (Å²) in [7, 11) is 1.17. The van der Waals surface area contributed by atoms with Crippen LogP contribution < -0.4 is 5.32 Å². The lowest BCUT2D eigenvalue weighted by Gasteiger charge is -2.38. The highest BCUT2D eigenvalue weighted by Crippen LogP contribution is 2.32. The van der Waals surface area contributed by atoms with Crippen LogP contribution in [0, 0.1) is 0 Å². The van der Waals surface area contributed by atoms with Gasteiger partial charge in [0.1, 0.15) is 11.1 Å². The Labute approximate surface area is 189 Å². The minimum absolute atomic E-state index is 0.0966. The number of aliphatic hydroxyl groups excluding tert-OH is 1. The summed E-state index contributed by atoms with van der Waals surface area (Å²) >= 11 is 0. The zero-order chi connectivity index (χ0) is 23.9. The SMILES string of the molecule is COC(=O)C(NC(=O)C1(COCc2ccccc2)CCCN1C(=O)OC(C)(C)C)[C@@H](C)O. The first-order valence-corrected chi connectivity index (χ1v) is 10.7. The van der Waals surface area contributed by atoms with Crippen molar-refractivity contribution in [1.82, 2.24) is 10.2 Å². The van der Waals surface area contributed by atoms with Gasteiger partial charge in [-0.15, -0.1) is 0 Å². The third-order valence-electron chi connectivity index (χ3n) is 5.20. The molecule has 1 heterocycles. The van der Waals surface area contributed by atoms with Gasteiger partial charge in [0, 0.05) is 6.54 Å². The maximum atomic E-state index is 13.5. The van der Waals surface area contributed by atoms with Crippen LogP contribution in [-0.2, 0) is 30.4 Å². The van der Waals surface area contributed by atoms with E-state index in [2.05, 4.69) is 5.32 Å². The number of carbonyl (C=O) groups is 3. The molecule has 1 aromatic carbocycles. The Balaban J connectivity index is 2.29. The van der Waals surface area contributed by atoms with E-state index >= 15 is 0 Å². The van der Waals surface area contributed by atoms with Crippen LogP contribution in [0.5, 0.6) is 0 Å². The molecule has 0 aromatic heterocycles. The third-order valence-corrected chi connectivity index (χ3v) is 5.20. The lowest BCUT2D eigenvalue weighted by atomic mass is 9.95. The van der Waals surface area contributed by atoms with Gasteiger partial charge in [0.25, 0.3) is 0 Å². The molecule has 1 fully saturated rings. The second-order valence-corrected chi connectivity index (χ2v) is 8.96. The Kier molecular flexibility index (Phi) is 8.63. The van der Waals surface area contributed by atoms with Crippen LogP contribution in [0.2, 0.25) is 0 Å². The highest BCUT2D eigenvalue weighted by Gasteiger charge is 2.52. The lowest BCUT2D eigenvalue weighted by molar-refractivity contribution is -0.151. The van der Waals surface area contributed by atoms with Crippen LogP contribution in [0.25, 0.3) is 0 Å². The molecule has 178 valence electrons. The Bertz CT molecular complexity index is 791. The molecule has 0 saturated carbocycles. The summed E-state index contributed by atoms with van der Waals surface area (Å²) in [5.74, 6) is -1.39. The smallest absolute Gasteiger partial charge is 0.411 e. The number of hydrogen-bond acceptors (Lipinski definition) is 7. The summed E-state index contributed by atoms with van der Waals surface area (Å²) in [6, 6.07) is 8.17. The van der Waals surface area contributed by atoms with Crippen molar-refractivity contribution in [2.24, 2.45) is 0 Å². The average molecular weight is 451 g/mol. The van der Waals surface area contributed by atoms with Crippen molar-refractivity contribution in [3.63, 3.8) is 0 Å². The number of rotatable bonds is 8. The number of carbonyl (C=O) groups excluding carboxylic acids is 3. The summed E-state index contributed by atoms with van der Waals surface area (Å²) < 4.78 is 16.1. The number of hydrogen-bond donors (Lipinski definition) is 2. The standard InChI is InChI=1S/C23H34N2O7/c1-16(26)18(19(27)30-5)24-20(28)23(15-31-14-17-10-7-6-8-11-17)12-9-13-25(23)21(29)32-22(2,3)4/h6-8,10-11,16,18,26H,9,12-15H2,1-5H3,(H,24,28)/t16-,18?,23?/m1/s1. The van der Waals surface area contributed by atoms with E-state index in [4.69, 9.17) is 14.2 Å². The lowest BCUT2D eigenvalue weighted by Crippen LogP contribution is -2.64. The summed E-state index contributed by atoms with van der Waals surface area (Å²) in [4.78, 5) is 39.8. The minimum Gasteiger partial charge on any atom is -0.467 e. The van der Waals surface area contributed by atoms with Crippen LogP contribution in [-0.4, -0.2) is 71.5 Å². The van der Waals surface area contributed by atoms with E-state index in [1.54, 1.807) is 20.8 Å². The normalized spacial score (nSPS) is 20.4. The number of nitrogens with zero attached hydrogens (tertiary/aromatic N) is 1. The van der Waals surface area contributed by atoms with Gasteiger partial charge in [0.15, 0.2) is 6.04 Å². The molecular formula is C23H34N2O7. The van der Waals surface area contributed by atoms with E-state index in [-0.39, 0.29) is 13.2 Å². The molecule has 1 aliphatic heterocycles. The molecule has 2 unspecified atom stereocenters. The van der Waals surface area contributed by atoms with Gasteiger partial charge in [-0.05, 0) is 46.1 Å². The van der Waals surface area contributed by atoms with Crippen molar-refractivity contribution in [3.8, 4) is 0 Å². The molecule has 2 N–H and O–H groups in total. The van der Waals surface area contributed by atoms with E-state index < -0.39 is 41.3 Å². The molecule has 0 radical (unpaired) electrons. The topological polar surface area (TPSA) is 114 Å².